The molecule has 32 heavy (non-hydrogen) atoms. The summed E-state index contributed by atoms with van der Waals surface area (Å²) in [5.74, 6) is 1.01. The summed E-state index contributed by atoms with van der Waals surface area (Å²) in [7, 11) is 0. The Morgan fingerprint density at radius 1 is 0.781 bits per heavy atom. The zero-order chi connectivity index (χ0) is 23.3. The van der Waals surface area contributed by atoms with E-state index in [0.29, 0.717) is 19.8 Å². The quantitative estimate of drug-likeness (QED) is 0.477. The van der Waals surface area contributed by atoms with E-state index < -0.39 is 0 Å². The first kappa shape index (κ1) is 28.2. The molecule has 2 aromatic carbocycles. The van der Waals surface area contributed by atoms with E-state index in [-0.39, 0.29) is 21.8 Å². The van der Waals surface area contributed by atoms with Crippen molar-refractivity contribution in [1.29, 1.82) is 0 Å². The molecule has 4 nitrogen and oxygen atoms in total. The third-order valence-electron chi connectivity index (χ3n) is 5.61. The maximum absolute atomic E-state index is 6.31. The predicted molar refractivity (Wildman–Crippen MR) is 136 cm³/mol. The zero-order valence-corrected chi connectivity index (χ0v) is 21.5. The predicted octanol–water partition coefficient (Wildman–Crippen LogP) is 5.72. The normalized spacial score (nSPS) is 12.4. The lowest BCUT2D eigenvalue weighted by Gasteiger charge is -2.34. The Bertz CT molecular complexity index is 844. The van der Waals surface area contributed by atoms with Gasteiger partial charge in [-0.3, -0.25) is 0 Å². The van der Waals surface area contributed by atoms with Crippen LogP contribution in [0.25, 0.3) is 0 Å². The molecule has 0 unspecified atom stereocenters. The van der Waals surface area contributed by atoms with E-state index in [1.807, 2.05) is 19.9 Å². The van der Waals surface area contributed by atoms with E-state index in [0.717, 1.165) is 18.6 Å². The minimum Gasteiger partial charge on any atom is -0.491 e. The summed E-state index contributed by atoms with van der Waals surface area (Å²) in [6.45, 7) is 19.5. The lowest BCUT2D eigenvalue weighted by molar-refractivity contribution is 0.101. The van der Waals surface area contributed by atoms with Crippen LogP contribution < -0.4 is 10.5 Å². The van der Waals surface area contributed by atoms with Crippen LogP contribution in [-0.4, -0.2) is 25.3 Å². The van der Waals surface area contributed by atoms with Gasteiger partial charge in [-0.15, -0.1) is 0 Å². The summed E-state index contributed by atoms with van der Waals surface area (Å²) in [4.78, 5) is 0. The van der Waals surface area contributed by atoms with Crippen molar-refractivity contribution in [2.24, 2.45) is 11.1 Å². The molecule has 0 saturated heterocycles. The molecule has 4 heteroatoms. The molecule has 2 aromatic rings. The van der Waals surface area contributed by atoms with Gasteiger partial charge in [0, 0.05) is 11.1 Å². The van der Waals surface area contributed by atoms with Crippen molar-refractivity contribution < 1.29 is 14.9 Å². The van der Waals surface area contributed by atoms with Crippen molar-refractivity contribution in [2.75, 3.05) is 19.8 Å². The van der Waals surface area contributed by atoms with Gasteiger partial charge in [0.25, 0.3) is 0 Å². The fourth-order valence-electron chi connectivity index (χ4n) is 4.65. The topological polar surface area (TPSA) is 76.0 Å². The molecule has 0 amide bonds. The highest BCUT2D eigenvalue weighted by atomic mass is 16.5. The highest BCUT2D eigenvalue weighted by Gasteiger charge is 2.30. The number of ether oxygens (including phenoxy) is 2. The maximum Gasteiger partial charge on any atom is 0.126 e. The van der Waals surface area contributed by atoms with Crippen LogP contribution in [0.1, 0.15) is 77.1 Å². The fraction of sp³-hybridized carbons (Fsp3) is 0.571. The minimum absolute atomic E-state index is 0. The molecule has 2 rings (SSSR count). The molecule has 0 atom stereocenters. The van der Waals surface area contributed by atoms with E-state index in [9.17, 15) is 0 Å². The van der Waals surface area contributed by atoms with Crippen molar-refractivity contribution in [3.63, 3.8) is 0 Å². The standard InChI is InChI=1S/C28H43NO2.H2O/c1-21-12-11-15-24(27(5,6)20-26(2,3)4)25(21)31-19-18-30-17-16-22-13-9-10-14-23(22)28(7,8)29;/h9-15H,16-20,29H2,1-8H3;1H2. The second-order valence-corrected chi connectivity index (χ2v) is 11.2. The molecule has 0 bridgehead atoms. The highest BCUT2D eigenvalue weighted by molar-refractivity contribution is 5.45. The molecule has 0 saturated carbocycles. The van der Waals surface area contributed by atoms with Crippen molar-refractivity contribution >= 4 is 0 Å². The van der Waals surface area contributed by atoms with Crippen LogP contribution >= 0.6 is 0 Å². The van der Waals surface area contributed by atoms with E-state index >= 15 is 0 Å². The number of rotatable bonds is 10. The number of benzene rings is 2. The van der Waals surface area contributed by atoms with E-state index in [2.05, 4.69) is 77.9 Å². The van der Waals surface area contributed by atoms with Crippen molar-refractivity contribution in [2.45, 2.75) is 79.2 Å². The summed E-state index contributed by atoms with van der Waals surface area (Å²) in [5, 5.41) is 0. The van der Waals surface area contributed by atoms with Gasteiger partial charge in [-0.2, -0.15) is 0 Å². The van der Waals surface area contributed by atoms with Crippen LogP contribution in [0.15, 0.2) is 42.5 Å². The van der Waals surface area contributed by atoms with Gasteiger partial charge in [0.15, 0.2) is 0 Å². The molecule has 0 aliphatic carbocycles. The van der Waals surface area contributed by atoms with Gasteiger partial charge in [0.05, 0.1) is 13.2 Å². The Hall–Kier alpha value is -1.88. The van der Waals surface area contributed by atoms with Crippen LogP contribution in [0, 0.1) is 12.3 Å². The SMILES string of the molecule is Cc1cccc(C(C)(C)CC(C)(C)C)c1OCCOCCc1ccccc1C(C)(C)N.O. The largest absolute Gasteiger partial charge is 0.491 e. The molecule has 0 fully saturated rings. The fourth-order valence-corrected chi connectivity index (χ4v) is 4.65. The molecule has 0 aliphatic rings. The minimum atomic E-state index is -0.346. The van der Waals surface area contributed by atoms with Crippen molar-refractivity contribution in [3.8, 4) is 5.75 Å². The first-order valence-electron chi connectivity index (χ1n) is 11.5. The summed E-state index contributed by atoms with van der Waals surface area (Å²) in [6, 6.07) is 14.8. The Morgan fingerprint density at radius 3 is 2.03 bits per heavy atom. The molecule has 0 heterocycles. The van der Waals surface area contributed by atoms with Crippen LogP contribution in [0.2, 0.25) is 0 Å². The zero-order valence-electron chi connectivity index (χ0n) is 21.5. The van der Waals surface area contributed by atoms with Gasteiger partial charge < -0.3 is 20.7 Å². The van der Waals surface area contributed by atoms with Gasteiger partial charge in [0.2, 0.25) is 0 Å². The van der Waals surface area contributed by atoms with Gasteiger partial charge in [-0.25, -0.2) is 0 Å². The smallest absolute Gasteiger partial charge is 0.126 e. The van der Waals surface area contributed by atoms with E-state index in [1.165, 1.54) is 22.3 Å². The third kappa shape index (κ3) is 8.23. The van der Waals surface area contributed by atoms with E-state index in [1.54, 1.807) is 0 Å². The average molecular weight is 444 g/mol. The van der Waals surface area contributed by atoms with Crippen LogP contribution in [0.5, 0.6) is 5.75 Å². The molecule has 0 aliphatic heterocycles. The molecule has 0 spiro atoms. The summed E-state index contributed by atoms with van der Waals surface area (Å²) < 4.78 is 12.2. The van der Waals surface area contributed by atoms with E-state index in [4.69, 9.17) is 15.2 Å². The second kappa shape index (κ2) is 11.3. The number of hydrogen-bond donors (Lipinski definition) is 1. The summed E-state index contributed by atoms with van der Waals surface area (Å²) >= 11 is 0. The van der Waals surface area contributed by atoms with Gasteiger partial charge >= 0.3 is 0 Å². The maximum atomic E-state index is 6.31. The number of para-hydroxylation sites is 1. The Labute approximate surface area is 195 Å². The number of hydrogen-bond acceptors (Lipinski definition) is 3. The van der Waals surface area contributed by atoms with Crippen molar-refractivity contribution in [1.82, 2.24) is 0 Å². The number of aryl methyl sites for hydroxylation is 1. The molecule has 0 aromatic heterocycles. The molecular formula is C28H45NO3. The van der Waals surface area contributed by atoms with Gasteiger partial charge in [-0.1, -0.05) is 77.1 Å². The lowest BCUT2D eigenvalue weighted by atomic mass is 9.72. The number of nitrogens with two attached hydrogens (primary N) is 1. The average Bonchev–Trinajstić information content (AvgIpc) is 2.63. The van der Waals surface area contributed by atoms with Gasteiger partial charge in [0.1, 0.15) is 12.4 Å². The Morgan fingerprint density at radius 2 is 1.41 bits per heavy atom. The van der Waals surface area contributed by atoms with Crippen LogP contribution in [0.4, 0.5) is 0 Å². The molecule has 180 valence electrons. The van der Waals surface area contributed by atoms with Crippen LogP contribution in [-0.2, 0) is 22.1 Å². The monoisotopic (exact) mass is 443 g/mol. The molecule has 4 N–H and O–H groups in total. The summed E-state index contributed by atoms with van der Waals surface area (Å²) in [5.41, 5.74) is 11.2. The highest BCUT2D eigenvalue weighted by Crippen LogP contribution is 2.41. The lowest BCUT2D eigenvalue weighted by Crippen LogP contribution is -2.30. The summed E-state index contributed by atoms with van der Waals surface area (Å²) in [6.07, 6.45) is 1.94. The first-order valence-corrected chi connectivity index (χ1v) is 11.5. The Kier molecular flexibility index (Phi) is 9.95. The second-order valence-electron chi connectivity index (χ2n) is 11.2. The Balaban J connectivity index is 0.00000512. The molecular weight excluding hydrogens is 398 g/mol. The third-order valence-corrected chi connectivity index (χ3v) is 5.61. The first-order chi connectivity index (χ1) is 14.3. The molecule has 0 radical (unpaired) electrons. The van der Waals surface area contributed by atoms with Gasteiger partial charge in [-0.05, 0) is 61.1 Å². The van der Waals surface area contributed by atoms with Crippen LogP contribution in [0.3, 0.4) is 0 Å². The van der Waals surface area contributed by atoms with Crippen molar-refractivity contribution in [3.05, 3.63) is 64.7 Å².